The van der Waals surface area contributed by atoms with Gasteiger partial charge in [-0.3, -0.25) is 4.79 Å². The smallest absolute Gasteiger partial charge is 0.254 e. The van der Waals surface area contributed by atoms with Gasteiger partial charge in [-0.15, -0.1) is 11.3 Å². The van der Waals surface area contributed by atoms with E-state index in [1.54, 1.807) is 37.1 Å². The number of thiophene rings is 1. The first kappa shape index (κ1) is 16.6. The Balaban J connectivity index is 2.10. The highest BCUT2D eigenvalue weighted by atomic mass is 32.1. The van der Waals surface area contributed by atoms with E-state index in [0.29, 0.717) is 5.56 Å². The van der Waals surface area contributed by atoms with E-state index in [9.17, 15) is 9.90 Å². The lowest BCUT2D eigenvalue weighted by molar-refractivity contribution is 0.0369. The molecule has 24 heavy (non-hydrogen) atoms. The van der Waals surface area contributed by atoms with Crippen LogP contribution in [-0.2, 0) is 0 Å². The fourth-order valence-electron chi connectivity index (χ4n) is 2.76. The van der Waals surface area contributed by atoms with Crippen molar-refractivity contribution < 1.29 is 9.90 Å². The molecule has 0 bridgehead atoms. The largest absolute Gasteiger partial charge is 0.389 e. The number of likely N-dealkylation sites (N-methyl/N-ethyl adjacent to an activating group) is 1. The van der Waals surface area contributed by atoms with Gasteiger partial charge in [0, 0.05) is 19.0 Å². The van der Waals surface area contributed by atoms with Crippen molar-refractivity contribution in [2.24, 2.45) is 0 Å². The Labute approximate surface area is 145 Å². The van der Waals surface area contributed by atoms with Gasteiger partial charge in [0.15, 0.2) is 0 Å². The number of fused-ring (bicyclic) bond motifs is 1. The summed E-state index contributed by atoms with van der Waals surface area (Å²) in [6.45, 7) is 3.65. The standard InChI is InChI=1S/C19H20N2O2S/c1-19(2,23)12-21(3)18(22)14-11-16(17-9-6-10-24-17)20-15-8-5-4-7-13(14)15/h4-11,23H,12H2,1-3H3. The van der Waals surface area contributed by atoms with Gasteiger partial charge < -0.3 is 10.0 Å². The molecule has 0 aliphatic carbocycles. The summed E-state index contributed by atoms with van der Waals surface area (Å²) in [5, 5.41) is 12.8. The van der Waals surface area contributed by atoms with Crippen LogP contribution >= 0.6 is 11.3 Å². The van der Waals surface area contributed by atoms with Gasteiger partial charge in [0.05, 0.1) is 27.3 Å². The first-order chi connectivity index (χ1) is 11.3. The minimum atomic E-state index is -0.941. The molecule has 0 spiro atoms. The normalized spacial score (nSPS) is 11.7. The Kier molecular flexibility index (Phi) is 4.39. The van der Waals surface area contributed by atoms with Gasteiger partial charge in [-0.05, 0) is 37.4 Å². The summed E-state index contributed by atoms with van der Waals surface area (Å²) in [5.41, 5.74) is 1.26. The number of carbonyl (C=O) groups excluding carboxylic acids is 1. The molecule has 1 N–H and O–H groups in total. The maximum Gasteiger partial charge on any atom is 0.254 e. The summed E-state index contributed by atoms with van der Waals surface area (Å²) in [7, 11) is 1.71. The predicted molar refractivity (Wildman–Crippen MR) is 98.3 cm³/mol. The number of aromatic nitrogens is 1. The quantitative estimate of drug-likeness (QED) is 0.786. The van der Waals surface area contributed by atoms with Gasteiger partial charge in [-0.25, -0.2) is 4.98 Å². The zero-order valence-electron chi connectivity index (χ0n) is 14.0. The minimum Gasteiger partial charge on any atom is -0.389 e. The summed E-state index contributed by atoms with van der Waals surface area (Å²) in [6, 6.07) is 13.5. The molecule has 1 aromatic carbocycles. The van der Waals surface area contributed by atoms with Crippen LogP contribution in [0.1, 0.15) is 24.2 Å². The van der Waals surface area contributed by atoms with Gasteiger partial charge in [0.1, 0.15) is 0 Å². The van der Waals surface area contributed by atoms with Crippen molar-refractivity contribution in [1.82, 2.24) is 9.88 Å². The van der Waals surface area contributed by atoms with Crippen molar-refractivity contribution in [2.75, 3.05) is 13.6 Å². The molecule has 1 amide bonds. The number of nitrogens with zero attached hydrogens (tertiary/aromatic N) is 2. The molecule has 0 fully saturated rings. The molecule has 0 saturated heterocycles. The first-order valence-electron chi connectivity index (χ1n) is 7.77. The van der Waals surface area contributed by atoms with Crippen molar-refractivity contribution in [3.63, 3.8) is 0 Å². The van der Waals surface area contributed by atoms with E-state index >= 15 is 0 Å². The summed E-state index contributed by atoms with van der Waals surface area (Å²) in [6.07, 6.45) is 0. The minimum absolute atomic E-state index is 0.117. The fourth-order valence-corrected chi connectivity index (χ4v) is 3.45. The van der Waals surface area contributed by atoms with Crippen LogP contribution in [0.25, 0.3) is 21.5 Å². The molecular formula is C19H20N2O2S. The van der Waals surface area contributed by atoms with Gasteiger partial charge in [-0.2, -0.15) is 0 Å². The van der Waals surface area contributed by atoms with Crippen LogP contribution in [0.2, 0.25) is 0 Å². The molecule has 0 aliphatic heterocycles. The Morgan fingerprint density at radius 1 is 1.25 bits per heavy atom. The Morgan fingerprint density at radius 2 is 2.00 bits per heavy atom. The molecule has 2 aromatic heterocycles. The Morgan fingerprint density at radius 3 is 2.67 bits per heavy atom. The summed E-state index contributed by atoms with van der Waals surface area (Å²) in [5.74, 6) is -0.117. The second kappa shape index (κ2) is 6.34. The van der Waals surface area contributed by atoms with Crippen LogP contribution in [0.4, 0.5) is 0 Å². The van der Waals surface area contributed by atoms with Crippen molar-refractivity contribution in [3.8, 4) is 10.6 Å². The zero-order valence-corrected chi connectivity index (χ0v) is 14.8. The van der Waals surface area contributed by atoms with Crippen LogP contribution in [0.15, 0.2) is 47.8 Å². The monoisotopic (exact) mass is 340 g/mol. The highest BCUT2D eigenvalue weighted by molar-refractivity contribution is 7.13. The average molecular weight is 340 g/mol. The third kappa shape index (κ3) is 3.47. The first-order valence-corrected chi connectivity index (χ1v) is 8.65. The van der Waals surface area contributed by atoms with Gasteiger partial charge in [0.2, 0.25) is 0 Å². The van der Waals surface area contributed by atoms with E-state index in [0.717, 1.165) is 21.5 Å². The zero-order chi connectivity index (χ0) is 17.3. The number of benzene rings is 1. The summed E-state index contributed by atoms with van der Waals surface area (Å²) in [4.78, 5) is 20.2. The SMILES string of the molecule is CN(CC(C)(C)O)C(=O)c1cc(-c2cccs2)nc2ccccc12. The number of para-hydroxylation sites is 1. The van der Waals surface area contributed by atoms with Crippen molar-refractivity contribution in [2.45, 2.75) is 19.4 Å². The van der Waals surface area contributed by atoms with Crippen LogP contribution < -0.4 is 0 Å². The lowest BCUT2D eigenvalue weighted by atomic mass is 10.0. The Hall–Kier alpha value is -2.24. The average Bonchev–Trinajstić information content (AvgIpc) is 3.06. The number of aliphatic hydroxyl groups is 1. The number of rotatable bonds is 4. The highest BCUT2D eigenvalue weighted by Gasteiger charge is 2.22. The molecule has 0 atom stereocenters. The molecule has 0 saturated carbocycles. The van der Waals surface area contributed by atoms with Crippen LogP contribution in [0, 0.1) is 0 Å². The van der Waals surface area contributed by atoms with E-state index in [-0.39, 0.29) is 12.5 Å². The van der Waals surface area contributed by atoms with Gasteiger partial charge in [0.25, 0.3) is 5.91 Å². The third-order valence-electron chi connectivity index (χ3n) is 3.69. The number of pyridine rings is 1. The van der Waals surface area contributed by atoms with Crippen LogP contribution in [0.5, 0.6) is 0 Å². The number of amides is 1. The van der Waals surface area contributed by atoms with Crippen LogP contribution in [0.3, 0.4) is 0 Å². The molecule has 0 aliphatic rings. The van der Waals surface area contributed by atoms with Crippen molar-refractivity contribution in [1.29, 1.82) is 0 Å². The maximum atomic E-state index is 12.9. The second-order valence-electron chi connectivity index (χ2n) is 6.52. The number of hydrogen-bond donors (Lipinski definition) is 1. The van der Waals surface area contributed by atoms with Crippen molar-refractivity contribution in [3.05, 3.63) is 53.4 Å². The van der Waals surface area contributed by atoms with E-state index < -0.39 is 5.60 Å². The molecule has 4 nitrogen and oxygen atoms in total. The Bertz CT molecular complexity index is 867. The number of hydrogen-bond acceptors (Lipinski definition) is 4. The fraction of sp³-hybridized carbons (Fsp3) is 0.263. The lowest BCUT2D eigenvalue weighted by Gasteiger charge is -2.26. The third-order valence-corrected chi connectivity index (χ3v) is 4.58. The molecule has 0 radical (unpaired) electrons. The summed E-state index contributed by atoms with van der Waals surface area (Å²) >= 11 is 1.60. The van der Waals surface area contributed by atoms with Crippen molar-refractivity contribution >= 4 is 28.1 Å². The molecule has 5 heteroatoms. The lowest BCUT2D eigenvalue weighted by Crippen LogP contribution is -2.39. The molecule has 2 heterocycles. The highest BCUT2D eigenvalue weighted by Crippen LogP contribution is 2.28. The maximum absolute atomic E-state index is 12.9. The van der Waals surface area contributed by atoms with E-state index in [1.165, 1.54) is 0 Å². The molecule has 124 valence electrons. The molecule has 0 unspecified atom stereocenters. The molecular weight excluding hydrogens is 320 g/mol. The van der Waals surface area contributed by atoms with E-state index in [4.69, 9.17) is 0 Å². The number of carbonyl (C=O) groups is 1. The van der Waals surface area contributed by atoms with E-state index in [1.807, 2.05) is 47.8 Å². The van der Waals surface area contributed by atoms with Crippen LogP contribution in [-0.4, -0.2) is 40.1 Å². The second-order valence-corrected chi connectivity index (χ2v) is 7.47. The molecule has 3 rings (SSSR count). The van der Waals surface area contributed by atoms with E-state index in [2.05, 4.69) is 4.98 Å². The predicted octanol–water partition coefficient (Wildman–Crippen LogP) is 3.81. The molecule has 3 aromatic rings. The van der Waals surface area contributed by atoms with Gasteiger partial charge >= 0.3 is 0 Å². The van der Waals surface area contributed by atoms with Gasteiger partial charge in [-0.1, -0.05) is 24.3 Å². The topological polar surface area (TPSA) is 53.4 Å². The summed E-state index contributed by atoms with van der Waals surface area (Å²) < 4.78 is 0.